The lowest BCUT2D eigenvalue weighted by molar-refractivity contribution is 1.49. The predicted molar refractivity (Wildman–Crippen MR) is 298 cm³/mol. The average Bonchev–Trinajstić information content (AvgIpc) is 3.42. The molecule has 0 saturated heterocycles. The molecule has 12 rings (SSSR count). The predicted octanol–water partition coefficient (Wildman–Crippen LogP) is 18.7. The molecular formula is C68H47N. The van der Waals surface area contributed by atoms with E-state index in [9.17, 15) is 0 Å². The van der Waals surface area contributed by atoms with Crippen molar-refractivity contribution in [1.29, 1.82) is 0 Å². The molecule has 0 N–H and O–H groups in total. The molecule has 0 unspecified atom stereocenters. The fraction of sp³-hybridized carbons (Fsp3) is 0.0147. The minimum Gasteiger partial charge on any atom is -0.248 e. The molecule has 0 aliphatic rings. The van der Waals surface area contributed by atoms with E-state index in [1.165, 1.54) is 92.8 Å². The summed E-state index contributed by atoms with van der Waals surface area (Å²) < 4.78 is 0. The van der Waals surface area contributed by atoms with Crippen LogP contribution in [0.3, 0.4) is 0 Å². The second kappa shape index (κ2) is 17.7. The third-order valence-electron chi connectivity index (χ3n) is 13.8. The quantitative estimate of drug-likeness (QED) is 0.0778. The molecule has 0 bridgehead atoms. The summed E-state index contributed by atoms with van der Waals surface area (Å²) in [5.41, 5.74) is 15.5. The van der Waals surface area contributed by atoms with Crippen molar-refractivity contribution in [3.05, 3.63) is 278 Å². The van der Waals surface area contributed by atoms with Crippen molar-refractivity contribution in [3.63, 3.8) is 0 Å². The fourth-order valence-electron chi connectivity index (χ4n) is 10.3. The van der Waals surface area contributed by atoms with E-state index < -0.39 is 0 Å². The zero-order valence-corrected chi connectivity index (χ0v) is 38.4. The number of hydrogen-bond donors (Lipinski definition) is 0. The highest BCUT2D eigenvalue weighted by atomic mass is 14.8. The van der Waals surface area contributed by atoms with E-state index in [1.807, 2.05) is 12.1 Å². The summed E-state index contributed by atoms with van der Waals surface area (Å²) in [6, 6.07) is 90.1. The SMILES string of the molecule is C=C(N=C(/C=C(\C)c1ccccc1)c1ccccc1)c1ccc(-c2ccc3c(-c4ccccc4)c4ccccc4c(-c4ccc(-c5cccc6c5ccc5cc7ccccc7cc56)cc4)c3c2)cc1. The Bertz CT molecular complexity index is 3970. The van der Waals surface area contributed by atoms with Crippen molar-refractivity contribution in [3.8, 4) is 44.5 Å². The van der Waals surface area contributed by atoms with Crippen molar-refractivity contribution >= 4 is 70.8 Å². The van der Waals surface area contributed by atoms with Crippen LogP contribution >= 0.6 is 0 Å². The molecule has 0 aliphatic heterocycles. The van der Waals surface area contributed by atoms with E-state index in [1.54, 1.807) is 0 Å². The zero-order valence-electron chi connectivity index (χ0n) is 38.4. The third kappa shape index (κ3) is 7.80. The van der Waals surface area contributed by atoms with Crippen molar-refractivity contribution < 1.29 is 0 Å². The van der Waals surface area contributed by atoms with Crippen LogP contribution in [-0.2, 0) is 0 Å². The molecule has 0 radical (unpaired) electrons. The molecule has 69 heavy (non-hydrogen) atoms. The van der Waals surface area contributed by atoms with E-state index in [-0.39, 0.29) is 0 Å². The average molecular weight is 878 g/mol. The summed E-state index contributed by atoms with van der Waals surface area (Å²) in [5.74, 6) is 0. The van der Waals surface area contributed by atoms with Gasteiger partial charge in [-0.25, -0.2) is 4.99 Å². The minimum absolute atomic E-state index is 0.714. The van der Waals surface area contributed by atoms with E-state index in [0.29, 0.717) is 5.70 Å². The number of benzene rings is 12. The smallest absolute Gasteiger partial charge is 0.0712 e. The van der Waals surface area contributed by atoms with Gasteiger partial charge in [-0.1, -0.05) is 237 Å². The van der Waals surface area contributed by atoms with Gasteiger partial charge in [0.15, 0.2) is 0 Å². The summed E-state index contributed by atoms with van der Waals surface area (Å²) in [6.45, 7) is 6.61. The summed E-state index contributed by atoms with van der Waals surface area (Å²) in [4.78, 5) is 5.15. The second-order valence-corrected chi connectivity index (χ2v) is 18.0. The molecule has 0 heterocycles. The maximum atomic E-state index is 5.15. The molecule has 0 spiro atoms. The Morgan fingerprint density at radius 2 is 0.855 bits per heavy atom. The highest BCUT2D eigenvalue weighted by molar-refractivity contribution is 6.22. The van der Waals surface area contributed by atoms with Gasteiger partial charge in [-0.3, -0.25) is 0 Å². The van der Waals surface area contributed by atoms with Gasteiger partial charge in [0.2, 0.25) is 0 Å². The molecule has 0 fully saturated rings. The van der Waals surface area contributed by atoms with Gasteiger partial charge in [-0.2, -0.15) is 0 Å². The zero-order chi connectivity index (χ0) is 46.3. The Balaban J connectivity index is 0.953. The first kappa shape index (κ1) is 41.5. The summed E-state index contributed by atoms with van der Waals surface area (Å²) in [7, 11) is 0. The van der Waals surface area contributed by atoms with Crippen molar-refractivity contribution in [2.24, 2.45) is 4.99 Å². The lowest BCUT2D eigenvalue weighted by Crippen LogP contribution is -1.99. The van der Waals surface area contributed by atoms with Gasteiger partial charge >= 0.3 is 0 Å². The van der Waals surface area contributed by atoms with Gasteiger partial charge in [-0.15, -0.1) is 0 Å². The molecule has 1 nitrogen and oxygen atoms in total. The van der Waals surface area contributed by atoms with Crippen LogP contribution in [0, 0.1) is 0 Å². The molecule has 0 atom stereocenters. The molecule has 324 valence electrons. The Morgan fingerprint density at radius 1 is 0.333 bits per heavy atom. The van der Waals surface area contributed by atoms with Crippen molar-refractivity contribution in [1.82, 2.24) is 0 Å². The van der Waals surface area contributed by atoms with Crippen LogP contribution in [0.2, 0.25) is 0 Å². The van der Waals surface area contributed by atoms with Gasteiger partial charge < -0.3 is 0 Å². The van der Waals surface area contributed by atoms with E-state index in [2.05, 4.69) is 256 Å². The number of hydrogen-bond acceptors (Lipinski definition) is 1. The summed E-state index contributed by atoms with van der Waals surface area (Å²) >= 11 is 0. The molecule has 1 heteroatoms. The number of fused-ring (bicyclic) bond motifs is 6. The van der Waals surface area contributed by atoms with Crippen LogP contribution in [0.1, 0.15) is 23.6 Å². The Kier molecular flexibility index (Phi) is 10.7. The lowest BCUT2D eigenvalue weighted by atomic mass is 9.84. The Morgan fingerprint density at radius 3 is 1.57 bits per heavy atom. The third-order valence-corrected chi connectivity index (χ3v) is 13.8. The van der Waals surface area contributed by atoms with Crippen LogP contribution in [0.5, 0.6) is 0 Å². The Hall–Kier alpha value is -8.91. The maximum absolute atomic E-state index is 5.15. The van der Waals surface area contributed by atoms with E-state index in [4.69, 9.17) is 4.99 Å². The van der Waals surface area contributed by atoms with Crippen LogP contribution in [0.15, 0.2) is 266 Å². The van der Waals surface area contributed by atoms with Crippen LogP contribution < -0.4 is 0 Å². The standard InChI is InChI=1S/C68H47N/c1-45(47-17-6-3-7-18-47)41-66(51-19-8-4-9-20-51)69-46(2)48-29-31-49(32-30-48)56-37-40-63-65(44-56)68(62-26-15-14-25-61(62)67(63)52-21-10-5-11-22-52)53-35-33-50(34-36-53)58-27-16-28-59-60(58)39-38-57-42-54-23-12-13-24-55(54)43-64(57)59/h3-44H,2H2,1H3/b45-41+,69-66?. The van der Waals surface area contributed by atoms with Gasteiger partial charge in [0, 0.05) is 5.56 Å². The minimum atomic E-state index is 0.714. The van der Waals surface area contributed by atoms with Crippen LogP contribution in [-0.4, -0.2) is 5.71 Å². The van der Waals surface area contributed by atoms with Gasteiger partial charge in [0.1, 0.15) is 0 Å². The largest absolute Gasteiger partial charge is 0.248 e. The van der Waals surface area contributed by atoms with E-state index >= 15 is 0 Å². The highest BCUT2D eigenvalue weighted by Gasteiger charge is 2.18. The maximum Gasteiger partial charge on any atom is 0.0712 e. The molecule has 0 saturated carbocycles. The summed E-state index contributed by atoms with van der Waals surface area (Å²) in [5, 5.41) is 12.5. The van der Waals surface area contributed by atoms with Crippen LogP contribution in [0.25, 0.3) is 110 Å². The normalized spacial score (nSPS) is 12.1. The summed E-state index contributed by atoms with van der Waals surface area (Å²) in [6.07, 6.45) is 2.16. The van der Waals surface area contributed by atoms with Gasteiger partial charge in [0.05, 0.1) is 11.4 Å². The Labute approximate surface area is 403 Å². The first-order valence-corrected chi connectivity index (χ1v) is 23.7. The number of rotatable bonds is 9. The number of aliphatic imine (C=N–C) groups is 1. The fourth-order valence-corrected chi connectivity index (χ4v) is 10.3. The second-order valence-electron chi connectivity index (χ2n) is 18.0. The van der Waals surface area contributed by atoms with E-state index in [0.717, 1.165) is 33.5 Å². The first-order valence-electron chi connectivity index (χ1n) is 23.7. The molecule has 12 aromatic carbocycles. The van der Waals surface area contributed by atoms with Gasteiger partial charge in [-0.05, 0) is 146 Å². The molecule has 12 aromatic rings. The first-order chi connectivity index (χ1) is 34.0. The molecule has 0 aliphatic carbocycles. The van der Waals surface area contributed by atoms with Crippen molar-refractivity contribution in [2.45, 2.75) is 6.92 Å². The number of allylic oxidation sites excluding steroid dienone is 2. The topological polar surface area (TPSA) is 12.4 Å². The lowest BCUT2D eigenvalue weighted by Gasteiger charge is -2.19. The highest BCUT2D eigenvalue weighted by Crippen LogP contribution is 2.45. The monoisotopic (exact) mass is 877 g/mol. The molecular weight excluding hydrogens is 831 g/mol. The molecule has 0 amide bonds. The van der Waals surface area contributed by atoms with Crippen molar-refractivity contribution in [2.75, 3.05) is 0 Å². The number of nitrogens with zero attached hydrogens (tertiary/aromatic N) is 1. The van der Waals surface area contributed by atoms with Gasteiger partial charge in [0.25, 0.3) is 0 Å². The molecule has 0 aromatic heterocycles. The van der Waals surface area contributed by atoms with Crippen LogP contribution in [0.4, 0.5) is 0 Å².